The van der Waals surface area contributed by atoms with Gasteiger partial charge < -0.3 is 19.7 Å². The van der Waals surface area contributed by atoms with Crippen molar-refractivity contribution in [3.63, 3.8) is 0 Å². The molecule has 0 unspecified atom stereocenters. The maximum Gasteiger partial charge on any atom is 0.357 e. The molecule has 0 spiro atoms. The van der Waals surface area contributed by atoms with Crippen LogP contribution in [0.2, 0.25) is 0 Å². The fourth-order valence-corrected chi connectivity index (χ4v) is 3.25. The number of rotatable bonds is 10. The van der Waals surface area contributed by atoms with Gasteiger partial charge in [0.25, 0.3) is 0 Å². The fourth-order valence-electron chi connectivity index (χ4n) is 2.47. The molecule has 154 valence electrons. The minimum absolute atomic E-state index is 0.239. The number of nitrogens with zero attached hydrogens (tertiary/aromatic N) is 3. The van der Waals surface area contributed by atoms with Crippen LogP contribution in [0.4, 0.5) is 10.5 Å². The maximum absolute atomic E-state index is 12.8. The van der Waals surface area contributed by atoms with Crippen molar-refractivity contribution >= 4 is 29.0 Å². The number of ether oxygens (including phenoxy) is 2. The topological polar surface area (TPSA) is 105 Å². The zero-order chi connectivity index (χ0) is 21.1. The van der Waals surface area contributed by atoms with Crippen molar-refractivity contribution in [3.8, 4) is 6.07 Å². The molecule has 29 heavy (non-hydrogen) atoms. The monoisotopic (exact) mass is 416 g/mol. The van der Waals surface area contributed by atoms with E-state index >= 15 is 0 Å². The van der Waals surface area contributed by atoms with Crippen molar-refractivity contribution < 1.29 is 19.1 Å². The SMILES string of the molecule is CCOCCCN(Cc1nc(C(=O)OCC)cs1)C(=O)Nc1cccc(C#N)c1. The lowest BCUT2D eigenvalue weighted by Crippen LogP contribution is -2.35. The number of carbonyl (C=O) groups excluding carboxylic acids is 2. The summed E-state index contributed by atoms with van der Waals surface area (Å²) in [6.07, 6.45) is 0.662. The normalized spacial score (nSPS) is 10.2. The summed E-state index contributed by atoms with van der Waals surface area (Å²) in [7, 11) is 0. The Morgan fingerprint density at radius 1 is 1.31 bits per heavy atom. The molecule has 9 heteroatoms. The summed E-state index contributed by atoms with van der Waals surface area (Å²) in [5.74, 6) is -0.476. The Balaban J connectivity index is 2.08. The number of nitrogens with one attached hydrogen (secondary N) is 1. The predicted octanol–water partition coefficient (Wildman–Crippen LogP) is 3.65. The molecule has 8 nitrogen and oxygen atoms in total. The highest BCUT2D eigenvalue weighted by atomic mass is 32.1. The molecule has 0 radical (unpaired) electrons. The predicted molar refractivity (Wildman–Crippen MR) is 110 cm³/mol. The van der Waals surface area contributed by atoms with E-state index in [1.807, 2.05) is 13.0 Å². The third-order valence-corrected chi connectivity index (χ3v) is 4.65. The van der Waals surface area contributed by atoms with Crippen LogP contribution in [0.25, 0.3) is 0 Å². The van der Waals surface area contributed by atoms with Crippen LogP contribution in [0.1, 0.15) is 41.3 Å². The minimum atomic E-state index is -0.476. The lowest BCUT2D eigenvalue weighted by atomic mass is 10.2. The molecule has 0 aliphatic rings. The molecule has 0 aliphatic carbocycles. The Morgan fingerprint density at radius 3 is 2.86 bits per heavy atom. The molecule has 0 atom stereocenters. The standard InChI is InChI=1S/C20H24N4O4S/c1-3-27-10-6-9-24(13-18-23-17(14-29-18)19(25)28-4-2)20(26)22-16-8-5-7-15(11-16)12-21/h5,7-8,11,14H,3-4,6,9-10,13H2,1-2H3,(H,22,26). The van der Waals surface area contributed by atoms with Crippen LogP contribution in [0, 0.1) is 11.3 Å². The van der Waals surface area contributed by atoms with Crippen molar-refractivity contribution in [2.45, 2.75) is 26.8 Å². The summed E-state index contributed by atoms with van der Waals surface area (Å²) in [6.45, 7) is 5.78. The second kappa shape index (κ2) is 11.8. The van der Waals surface area contributed by atoms with Crippen molar-refractivity contribution in [3.05, 3.63) is 45.9 Å². The molecular weight excluding hydrogens is 392 g/mol. The summed E-state index contributed by atoms with van der Waals surface area (Å²) in [5.41, 5.74) is 1.24. The second-order valence-corrected chi connectivity index (χ2v) is 6.88. The first-order valence-corrected chi connectivity index (χ1v) is 10.2. The van der Waals surface area contributed by atoms with Crippen LogP contribution >= 0.6 is 11.3 Å². The maximum atomic E-state index is 12.8. The van der Waals surface area contributed by atoms with Gasteiger partial charge in [-0.25, -0.2) is 14.6 Å². The first-order valence-electron chi connectivity index (χ1n) is 9.32. The van der Waals surface area contributed by atoms with Gasteiger partial charge in [-0.15, -0.1) is 11.3 Å². The van der Waals surface area contributed by atoms with E-state index in [9.17, 15) is 9.59 Å². The van der Waals surface area contributed by atoms with Gasteiger partial charge in [-0.3, -0.25) is 0 Å². The third kappa shape index (κ3) is 7.18. The lowest BCUT2D eigenvalue weighted by molar-refractivity contribution is 0.0520. The summed E-state index contributed by atoms with van der Waals surface area (Å²) in [5, 5.41) is 14.1. The molecule has 1 aromatic heterocycles. The van der Waals surface area contributed by atoms with E-state index in [0.717, 1.165) is 0 Å². The third-order valence-electron chi connectivity index (χ3n) is 3.81. The molecule has 2 rings (SSSR count). The molecule has 0 aliphatic heterocycles. The minimum Gasteiger partial charge on any atom is -0.461 e. The Kier molecular flexibility index (Phi) is 9.08. The van der Waals surface area contributed by atoms with E-state index in [4.69, 9.17) is 14.7 Å². The van der Waals surface area contributed by atoms with Crippen LogP contribution in [-0.2, 0) is 16.0 Å². The summed E-state index contributed by atoms with van der Waals surface area (Å²) in [6, 6.07) is 8.44. The molecular formula is C20H24N4O4S. The number of amides is 2. The molecule has 0 saturated heterocycles. The number of carbonyl (C=O) groups is 2. The summed E-state index contributed by atoms with van der Waals surface area (Å²) >= 11 is 1.30. The van der Waals surface area contributed by atoms with Crippen LogP contribution in [0.3, 0.4) is 0 Å². The van der Waals surface area contributed by atoms with Gasteiger partial charge in [-0.2, -0.15) is 5.26 Å². The van der Waals surface area contributed by atoms with Crippen molar-refractivity contribution in [1.82, 2.24) is 9.88 Å². The zero-order valence-corrected chi connectivity index (χ0v) is 17.3. The van der Waals surface area contributed by atoms with Gasteiger partial charge in [-0.1, -0.05) is 6.07 Å². The first-order chi connectivity index (χ1) is 14.1. The average molecular weight is 417 g/mol. The Hall–Kier alpha value is -2.96. The van der Waals surface area contributed by atoms with E-state index in [1.165, 1.54) is 11.3 Å². The van der Waals surface area contributed by atoms with E-state index < -0.39 is 5.97 Å². The number of urea groups is 1. The van der Waals surface area contributed by atoms with E-state index in [0.29, 0.717) is 42.4 Å². The highest BCUT2D eigenvalue weighted by Gasteiger charge is 2.18. The van der Waals surface area contributed by atoms with Gasteiger partial charge in [0.1, 0.15) is 5.01 Å². The molecule has 0 fully saturated rings. The summed E-state index contributed by atoms with van der Waals surface area (Å²) in [4.78, 5) is 30.5. The first kappa shape index (κ1) is 22.3. The number of thiazole rings is 1. The highest BCUT2D eigenvalue weighted by Crippen LogP contribution is 2.16. The molecule has 1 heterocycles. The average Bonchev–Trinajstić information content (AvgIpc) is 3.19. The van der Waals surface area contributed by atoms with Crippen LogP contribution in [0.15, 0.2) is 29.6 Å². The van der Waals surface area contributed by atoms with Crippen molar-refractivity contribution in [2.24, 2.45) is 0 Å². The molecule has 2 amide bonds. The molecule has 0 saturated carbocycles. The number of aromatic nitrogens is 1. The second-order valence-electron chi connectivity index (χ2n) is 5.94. The Labute approximate surface area is 174 Å². The Morgan fingerprint density at radius 2 is 2.14 bits per heavy atom. The number of esters is 1. The number of hydrogen-bond acceptors (Lipinski definition) is 7. The van der Waals surface area contributed by atoms with E-state index in [2.05, 4.69) is 10.3 Å². The van der Waals surface area contributed by atoms with Gasteiger partial charge in [0.05, 0.1) is 24.8 Å². The fraction of sp³-hybridized carbons (Fsp3) is 0.400. The number of anilines is 1. The number of nitriles is 1. The van der Waals surface area contributed by atoms with Gasteiger partial charge >= 0.3 is 12.0 Å². The van der Waals surface area contributed by atoms with Gasteiger partial charge in [0.15, 0.2) is 5.69 Å². The van der Waals surface area contributed by atoms with Gasteiger partial charge in [0, 0.05) is 30.8 Å². The molecule has 1 N–H and O–H groups in total. The quantitative estimate of drug-likeness (QED) is 0.468. The van der Waals surface area contributed by atoms with Gasteiger partial charge in [-0.05, 0) is 38.5 Å². The van der Waals surface area contributed by atoms with E-state index in [1.54, 1.807) is 41.5 Å². The van der Waals surface area contributed by atoms with Crippen LogP contribution < -0.4 is 5.32 Å². The van der Waals surface area contributed by atoms with E-state index in [-0.39, 0.29) is 24.9 Å². The highest BCUT2D eigenvalue weighted by molar-refractivity contribution is 7.09. The van der Waals surface area contributed by atoms with Crippen LogP contribution in [0.5, 0.6) is 0 Å². The Bertz CT molecular complexity index is 862. The smallest absolute Gasteiger partial charge is 0.357 e. The lowest BCUT2D eigenvalue weighted by Gasteiger charge is -2.22. The molecule has 2 aromatic rings. The zero-order valence-electron chi connectivity index (χ0n) is 16.5. The summed E-state index contributed by atoms with van der Waals surface area (Å²) < 4.78 is 10.3. The molecule has 1 aromatic carbocycles. The number of hydrogen-bond donors (Lipinski definition) is 1. The molecule has 0 bridgehead atoms. The van der Waals surface area contributed by atoms with Gasteiger partial charge in [0.2, 0.25) is 0 Å². The van der Waals surface area contributed by atoms with Crippen molar-refractivity contribution in [1.29, 1.82) is 5.26 Å². The van der Waals surface area contributed by atoms with Crippen molar-refractivity contribution in [2.75, 3.05) is 31.7 Å². The largest absolute Gasteiger partial charge is 0.461 e. The van der Waals surface area contributed by atoms with Crippen LogP contribution in [-0.4, -0.2) is 48.2 Å². The number of benzene rings is 1.